The maximum absolute atomic E-state index is 12.1. The molecular formula is C12H8BrN5O. The van der Waals surface area contributed by atoms with E-state index < -0.39 is 0 Å². The third-order valence-corrected chi connectivity index (χ3v) is 3.01. The molecule has 0 unspecified atom stereocenters. The van der Waals surface area contributed by atoms with Gasteiger partial charge in [-0.3, -0.25) is 9.78 Å². The average molecular weight is 318 g/mol. The molecule has 0 radical (unpaired) electrons. The maximum atomic E-state index is 12.1. The van der Waals surface area contributed by atoms with Crippen molar-refractivity contribution >= 4 is 33.2 Å². The molecular weight excluding hydrogens is 310 g/mol. The number of aromatic nitrogens is 4. The summed E-state index contributed by atoms with van der Waals surface area (Å²) in [5.74, 6) is 0.217. The van der Waals surface area contributed by atoms with E-state index in [1.54, 1.807) is 41.4 Å². The first kappa shape index (κ1) is 11.8. The number of carbonyl (C=O) groups excluding carboxylic acids is 1. The Morgan fingerprint density at radius 3 is 2.95 bits per heavy atom. The van der Waals surface area contributed by atoms with Crippen molar-refractivity contribution in [3.8, 4) is 0 Å². The van der Waals surface area contributed by atoms with Gasteiger partial charge < -0.3 is 5.32 Å². The number of halogens is 1. The van der Waals surface area contributed by atoms with Crippen molar-refractivity contribution in [1.29, 1.82) is 0 Å². The fraction of sp³-hybridized carbons (Fsp3) is 0. The number of nitrogens with zero attached hydrogens (tertiary/aromatic N) is 4. The largest absolute Gasteiger partial charge is 0.306 e. The van der Waals surface area contributed by atoms with Gasteiger partial charge in [-0.2, -0.15) is 5.10 Å². The van der Waals surface area contributed by atoms with E-state index in [4.69, 9.17) is 0 Å². The lowest BCUT2D eigenvalue weighted by Crippen LogP contribution is -2.12. The Balaban J connectivity index is 1.90. The van der Waals surface area contributed by atoms with E-state index in [2.05, 4.69) is 36.3 Å². The third kappa shape index (κ3) is 2.32. The highest BCUT2D eigenvalue weighted by atomic mass is 79.9. The Bertz CT molecular complexity index is 737. The highest BCUT2D eigenvalue weighted by Gasteiger charge is 2.13. The highest BCUT2D eigenvalue weighted by molar-refractivity contribution is 9.10. The zero-order chi connectivity index (χ0) is 13.2. The Morgan fingerprint density at radius 1 is 1.26 bits per heavy atom. The van der Waals surface area contributed by atoms with Gasteiger partial charge >= 0.3 is 0 Å². The second kappa shape index (κ2) is 4.77. The molecule has 6 nitrogen and oxygen atoms in total. The molecule has 0 saturated carbocycles. The average Bonchev–Trinajstić information content (AvgIpc) is 2.85. The van der Waals surface area contributed by atoms with Gasteiger partial charge in [0.1, 0.15) is 5.82 Å². The SMILES string of the molecule is O=C(Nc1ccc(Br)cn1)c1cnn2ccncc12. The molecule has 7 heteroatoms. The molecule has 0 aromatic carbocycles. The number of carbonyl (C=O) groups is 1. The predicted molar refractivity (Wildman–Crippen MR) is 72.9 cm³/mol. The number of anilines is 1. The molecule has 3 heterocycles. The summed E-state index contributed by atoms with van der Waals surface area (Å²) in [5.41, 5.74) is 1.11. The van der Waals surface area contributed by atoms with Crippen molar-refractivity contribution in [1.82, 2.24) is 19.6 Å². The van der Waals surface area contributed by atoms with Crippen LogP contribution in [0.2, 0.25) is 0 Å². The van der Waals surface area contributed by atoms with Crippen LogP contribution in [0.15, 0.2) is 47.6 Å². The monoisotopic (exact) mass is 317 g/mol. The summed E-state index contributed by atoms with van der Waals surface area (Å²) in [6.45, 7) is 0. The second-order valence-electron chi connectivity index (χ2n) is 3.78. The molecule has 0 spiro atoms. The number of rotatable bonds is 2. The molecule has 94 valence electrons. The van der Waals surface area contributed by atoms with Crippen LogP contribution in [0, 0.1) is 0 Å². The van der Waals surface area contributed by atoms with Crippen LogP contribution >= 0.6 is 15.9 Å². The second-order valence-corrected chi connectivity index (χ2v) is 4.70. The molecule has 0 aliphatic heterocycles. The number of fused-ring (bicyclic) bond motifs is 1. The van der Waals surface area contributed by atoms with E-state index in [0.717, 1.165) is 4.47 Å². The van der Waals surface area contributed by atoms with Gasteiger partial charge in [-0.15, -0.1) is 0 Å². The number of hydrogen-bond acceptors (Lipinski definition) is 4. The first-order valence-electron chi connectivity index (χ1n) is 5.44. The van der Waals surface area contributed by atoms with Crippen LogP contribution < -0.4 is 5.32 Å². The van der Waals surface area contributed by atoms with Crippen molar-refractivity contribution < 1.29 is 4.79 Å². The van der Waals surface area contributed by atoms with E-state index in [9.17, 15) is 4.79 Å². The fourth-order valence-electron chi connectivity index (χ4n) is 1.64. The van der Waals surface area contributed by atoms with Gasteiger partial charge in [-0.1, -0.05) is 0 Å². The molecule has 0 aliphatic rings. The summed E-state index contributed by atoms with van der Waals surface area (Å²) < 4.78 is 2.45. The smallest absolute Gasteiger partial charge is 0.260 e. The summed E-state index contributed by atoms with van der Waals surface area (Å²) in [4.78, 5) is 20.2. The van der Waals surface area contributed by atoms with E-state index in [1.807, 2.05) is 0 Å². The minimum absolute atomic E-state index is 0.266. The van der Waals surface area contributed by atoms with Gasteiger partial charge in [0.2, 0.25) is 0 Å². The first-order chi connectivity index (χ1) is 9.24. The fourth-order valence-corrected chi connectivity index (χ4v) is 1.88. The van der Waals surface area contributed by atoms with Crippen molar-refractivity contribution in [2.75, 3.05) is 5.32 Å². The van der Waals surface area contributed by atoms with E-state index in [0.29, 0.717) is 16.9 Å². The molecule has 3 aromatic rings. The molecule has 0 aliphatic carbocycles. The van der Waals surface area contributed by atoms with E-state index in [-0.39, 0.29) is 5.91 Å². The van der Waals surface area contributed by atoms with Crippen LogP contribution in [-0.4, -0.2) is 25.5 Å². The maximum Gasteiger partial charge on any atom is 0.260 e. The van der Waals surface area contributed by atoms with Crippen LogP contribution in [0.25, 0.3) is 5.52 Å². The lowest BCUT2D eigenvalue weighted by molar-refractivity contribution is 0.102. The van der Waals surface area contributed by atoms with Gasteiger partial charge in [0.25, 0.3) is 5.91 Å². The number of hydrogen-bond donors (Lipinski definition) is 1. The number of pyridine rings is 1. The summed E-state index contributed by atoms with van der Waals surface area (Å²) >= 11 is 3.29. The summed E-state index contributed by atoms with van der Waals surface area (Å²) in [6.07, 6.45) is 8.01. The quantitative estimate of drug-likeness (QED) is 0.786. The minimum Gasteiger partial charge on any atom is -0.306 e. The van der Waals surface area contributed by atoms with Gasteiger partial charge in [-0.05, 0) is 28.1 Å². The molecule has 0 atom stereocenters. The number of amides is 1. The Labute approximate surface area is 116 Å². The van der Waals surface area contributed by atoms with Crippen LogP contribution in [0.4, 0.5) is 5.82 Å². The lowest BCUT2D eigenvalue weighted by atomic mass is 10.3. The van der Waals surface area contributed by atoms with Crippen LogP contribution in [0.3, 0.4) is 0 Å². The standard InChI is InChI=1S/C12H8BrN5O/c13-8-1-2-11(15-5-8)17-12(19)9-6-16-18-4-3-14-7-10(9)18/h1-7H,(H,15,17,19). The van der Waals surface area contributed by atoms with Crippen molar-refractivity contribution in [2.45, 2.75) is 0 Å². The molecule has 0 fully saturated rings. The van der Waals surface area contributed by atoms with E-state index >= 15 is 0 Å². The molecule has 19 heavy (non-hydrogen) atoms. The van der Waals surface area contributed by atoms with Gasteiger partial charge in [-0.25, -0.2) is 9.50 Å². The topological polar surface area (TPSA) is 72.2 Å². The van der Waals surface area contributed by atoms with Crippen molar-refractivity contribution in [3.05, 3.63) is 53.2 Å². The molecule has 3 aromatic heterocycles. The lowest BCUT2D eigenvalue weighted by Gasteiger charge is -2.02. The summed E-state index contributed by atoms with van der Waals surface area (Å²) in [5, 5.41) is 6.80. The Kier molecular flexibility index (Phi) is 2.96. The predicted octanol–water partition coefficient (Wildman–Crippen LogP) is 2.14. The summed E-state index contributed by atoms with van der Waals surface area (Å²) in [6, 6.07) is 3.52. The molecule has 0 bridgehead atoms. The van der Waals surface area contributed by atoms with E-state index in [1.165, 1.54) is 6.20 Å². The number of nitrogens with one attached hydrogen (secondary N) is 1. The minimum atomic E-state index is -0.266. The first-order valence-corrected chi connectivity index (χ1v) is 6.23. The molecule has 1 N–H and O–H groups in total. The van der Waals surface area contributed by atoms with Gasteiger partial charge in [0, 0.05) is 23.1 Å². The molecule has 0 saturated heterocycles. The van der Waals surface area contributed by atoms with Crippen LogP contribution in [0.1, 0.15) is 10.4 Å². The van der Waals surface area contributed by atoms with Gasteiger partial charge in [0.05, 0.1) is 23.5 Å². The Morgan fingerprint density at radius 2 is 2.16 bits per heavy atom. The zero-order valence-electron chi connectivity index (χ0n) is 9.62. The van der Waals surface area contributed by atoms with Crippen LogP contribution in [0.5, 0.6) is 0 Å². The van der Waals surface area contributed by atoms with Gasteiger partial charge in [0.15, 0.2) is 0 Å². The molecule has 1 amide bonds. The third-order valence-electron chi connectivity index (χ3n) is 2.54. The van der Waals surface area contributed by atoms with Crippen molar-refractivity contribution in [3.63, 3.8) is 0 Å². The highest BCUT2D eigenvalue weighted by Crippen LogP contribution is 2.13. The van der Waals surface area contributed by atoms with Crippen molar-refractivity contribution in [2.24, 2.45) is 0 Å². The summed E-state index contributed by atoms with van der Waals surface area (Å²) in [7, 11) is 0. The molecule has 3 rings (SSSR count). The Hall–Kier alpha value is -2.28. The zero-order valence-corrected chi connectivity index (χ0v) is 11.2. The van der Waals surface area contributed by atoms with Crippen LogP contribution in [-0.2, 0) is 0 Å². The normalized spacial score (nSPS) is 10.6.